The number of imide groups is 1. The quantitative estimate of drug-likeness (QED) is 0.125. The molecule has 0 saturated carbocycles. The Morgan fingerprint density at radius 1 is 0.818 bits per heavy atom. The van der Waals surface area contributed by atoms with Crippen LogP contribution < -0.4 is 9.80 Å². The Bertz CT molecular complexity index is 1800. The number of carbonyl (C=O) groups is 3. The van der Waals surface area contributed by atoms with Gasteiger partial charge in [0, 0.05) is 17.8 Å². The fraction of sp³-hybridized carbons (Fsp3) is 0.171. The van der Waals surface area contributed by atoms with E-state index in [1.54, 1.807) is 6.92 Å². The highest BCUT2D eigenvalue weighted by molar-refractivity contribution is 6.25. The van der Waals surface area contributed by atoms with E-state index in [4.69, 9.17) is 4.74 Å². The summed E-state index contributed by atoms with van der Waals surface area (Å²) in [5.41, 5.74) is 3.69. The molecule has 7 rings (SSSR count). The molecular weight excluding hydrogens is 558 g/mol. The van der Waals surface area contributed by atoms with Crippen LogP contribution in [0.1, 0.15) is 28.4 Å². The summed E-state index contributed by atoms with van der Waals surface area (Å²) in [6.45, 7) is 1.62. The predicted molar refractivity (Wildman–Crippen MR) is 164 cm³/mol. The minimum atomic E-state index is -1.09. The molecule has 0 aromatic heterocycles. The van der Waals surface area contributed by atoms with Crippen LogP contribution in [0.3, 0.4) is 0 Å². The molecule has 218 valence electrons. The average Bonchev–Trinajstić information content (AvgIpc) is 3.53. The van der Waals surface area contributed by atoms with E-state index in [0.717, 1.165) is 27.3 Å². The summed E-state index contributed by atoms with van der Waals surface area (Å²) in [6, 6.07) is 28.7. The summed E-state index contributed by atoms with van der Waals surface area (Å²) >= 11 is 0. The van der Waals surface area contributed by atoms with E-state index in [9.17, 15) is 24.5 Å². The third kappa shape index (κ3) is 4.27. The first-order valence-corrected chi connectivity index (χ1v) is 14.3. The Kier molecular flexibility index (Phi) is 6.58. The molecule has 9 heteroatoms. The third-order valence-electron chi connectivity index (χ3n) is 8.73. The fourth-order valence-electron chi connectivity index (χ4n) is 6.80. The number of hydrogen-bond acceptors (Lipinski definition) is 7. The Hall–Kier alpha value is -5.57. The summed E-state index contributed by atoms with van der Waals surface area (Å²) in [5, 5.41) is 11.3. The number of nitro groups is 1. The van der Waals surface area contributed by atoms with Crippen LogP contribution in [-0.4, -0.2) is 34.8 Å². The van der Waals surface area contributed by atoms with Gasteiger partial charge in [0.25, 0.3) is 5.69 Å². The summed E-state index contributed by atoms with van der Waals surface area (Å²) in [7, 11) is 0. The van der Waals surface area contributed by atoms with Crippen molar-refractivity contribution in [2.45, 2.75) is 25.1 Å². The van der Waals surface area contributed by atoms with Gasteiger partial charge in [-0.1, -0.05) is 91.0 Å². The number of carbonyl (C=O) groups excluding carboxylic acids is 3. The number of ether oxygens (including phenoxy) is 1. The molecule has 3 heterocycles. The van der Waals surface area contributed by atoms with E-state index < -0.39 is 52.7 Å². The second-order valence-corrected chi connectivity index (χ2v) is 11.2. The number of amides is 2. The van der Waals surface area contributed by atoms with Crippen LogP contribution in [0.5, 0.6) is 0 Å². The first kappa shape index (κ1) is 27.3. The van der Waals surface area contributed by atoms with Crippen molar-refractivity contribution in [1.29, 1.82) is 0 Å². The van der Waals surface area contributed by atoms with Gasteiger partial charge in [-0.2, -0.15) is 0 Å². The van der Waals surface area contributed by atoms with Crippen molar-refractivity contribution in [2.75, 3.05) is 9.80 Å². The Morgan fingerprint density at radius 3 is 2.07 bits per heavy atom. The van der Waals surface area contributed by atoms with Gasteiger partial charge in [0.05, 0.1) is 28.5 Å². The van der Waals surface area contributed by atoms with Crippen LogP contribution in [0.15, 0.2) is 109 Å². The van der Waals surface area contributed by atoms with Crippen molar-refractivity contribution in [3.63, 3.8) is 0 Å². The number of nitro benzene ring substituents is 1. The van der Waals surface area contributed by atoms with Gasteiger partial charge < -0.3 is 9.64 Å². The highest BCUT2D eigenvalue weighted by atomic mass is 16.6. The number of nitrogens with zero attached hydrogens (tertiary/aromatic N) is 3. The predicted octanol–water partition coefficient (Wildman–Crippen LogP) is 5.63. The van der Waals surface area contributed by atoms with Crippen molar-refractivity contribution in [2.24, 2.45) is 11.8 Å². The molecule has 0 radical (unpaired) electrons. The minimum Gasteiger partial charge on any atom is -0.451 e. The second-order valence-electron chi connectivity index (χ2n) is 11.2. The molecule has 2 amide bonds. The second kappa shape index (κ2) is 10.6. The van der Waals surface area contributed by atoms with E-state index >= 15 is 0 Å². The van der Waals surface area contributed by atoms with E-state index in [1.165, 1.54) is 18.2 Å². The normalized spacial score (nSPS) is 21.7. The summed E-state index contributed by atoms with van der Waals surface area (Å²) in [5.74, 6) is -3.48. The lowest BCUT2D eigenvalue weighted by molar-refractivity contribution is -0.384. The number of esters is 1. The lowest BCUT2D eigenvalue weighted by atomic mass is 9.88. The van der Waals surface area contributed by atoms with Crippen molar-refractivity contribution < 1.29 is 24.0 Å². The number of benzene rings is 4. The van der Waals surface area contributed by atoms with Crippen molar-refractivity contribution in [3.05, 3.63) is 142 Å². The van der Waals surface area contributed by atoms with Gasteiger partial charge >= 0.3 is 5.97 Å². The van der Waals surface area contributed by atoms with Gasteiger partial charge in [-0.25, -0.2) is 9.69 Å². The monoisotopic (exact) mass is 585 g/mol. The van der Waals surface area contributed by atoms with Crippen LogP contribution >= 0.6 is 0 Å². The smallest absolute Gasteiger partial charge is 0.330 e. The summed E-state index contributed by atoms with van der Waals surface area (Å²) in [4.78, 5) is 56.6. The molecule has 0 unspecified atom stereocenters. The molecule has 3 aliphatic heterocycles. The van der Waals surface area contributed by atoms with Gasteiger partial charge in [-0.05, 0) is 41.3 Å². The van der Waals surface area contributed by atoms with Crippen LogP contribution in [0.2, 0.25) is 0 Å². The number of aryl methyl sites for hydroxylation is 1. The lowest BCUT2D eigenvalue weighted by Crippen LogP contribution is -2.49. The number of anilines is 2. The molecule has 0 spiro atoms. The van der Waals surface area contributed by atoms with E-state index in [-0.39, 0.29) is 11.4 Å². The van der Waals surface area contributed by atoms with Crippen molar-refractivity contribution in [3.8, 4) is 0 Å². The Morgan fingerprint density at radius 2 is 1.43 bits per heavy atom. The SMILES string of the molecule is Cc1cc([N+](=O)[O-])ccc1N1C(=O)[C@@H]2[C@H](C1=O)[C@H](C(=O)OC(c1ccccc1)c1ccccc1)N1c3ccccc3C=C[C@H]21. The topological polar surface area (TPSA) is 110 Å². The Balaban J connectivity index is 1.32. The van der Waals surface area contributed by atoms with Crippen molar-refractivity contribution >= 4 is 40.9 Å². The molecule has 9 nitrogen and oxygen atoms in total. The maximum atomic E-state index is 14.4. The number of fused-ring (bicyclic) bond motifs is 5. The molecule has 3 aliphatic rings. The van der Waals surface area contributed by atoms with Gasteiger partial charge in [0.1, 0.15) is 6.04 Å². The van der Waals surface area contributed by atoms with Gasteiger partial charge in [0.15, 0.2) is 6.10 Å². The molecule has 4 aromatic carbocycles. The number of rotatable bonds is 6. The zero-order chi connectivity index (χ0) is 30.5. The van der Waals surface area contributed by atoms with Crippen LogP contribution in [-0.2, 0) is 19.1 Å². The molecule has 0 bridgehead atoms. The molecule has 4 atom stereocenters. The summed E-state index contributed by atoms with van der Waals surface area (Å²) in [6.07, 6.45) is 3.05. The van der Waals surface area contributed by atoms with E-state index in [1.807, 2.05) is 102 Å². The molecule has 44 heavy (non-hydrogen) atoms. The van der Waals surface area contributed by atoms with E-state index in [2.05, 4.69) is 0 Å². The summed E-state index contributed by atoms with van der Waals surface area (Å²) < 4.78 is 6.31. The first-order chi connectivity index (χ1) is 21.3. The number of non-ortho nitro benzene ring substituents is 1. The minimum absolute atomic E-state index is 0.141. The van der Waals surface area contributed by atoms with Gasteiger partial charge in [-0.15, -0.1) is 0 Å². The third-order valence-corrected chi connectivity index (χ3v) is 8.73. The number of hydrogen-bond donors (Lipinski definition) is 0. The van der Waals surface area contributed by atoms with Crippen molar-refractivity contribution in [1.82, 2.24) is 0 Å². The fourth-order valence-corrected chi connectivity index (χ4v) is 6.80. The van der Waals surface area contributed by atoms with E-state index in [0.29, 0.717) is 5.56 Å². The van der Waals surface area contributed by atoms with Crippen LogP contribution in [0.4, 0.5) is 17.1 Å². The Labute approximate surface area is 253 Å². The molecule has 2 fully saturated rings. The maximum Gasteiger partial charge on any atom is 0.330 e. The van der Waals surface area contributed by atoms with Gasteiger partial charge in [0.2, 0.25) is 11.8 Å². The lowest BCUT2D eigenvalue weighted by Gasteiger charge is -2.36. The standard InChI is InChI=1S/C35H27N3O6/c1-21-20-25(38(42)43)17-19-26(21)37-33(39)29-28-18-16-22-10-8-9-15-27(22)36(28)31(30(29)34(37)40)35(41)44-32(23-11-4-2-5-12-23)24-13-6-3-7-14-24/h2-20,28-32H,1H3/t28-,29+,30+,31-/m1/s1. The zero-order valence-corrected chi connectivity index (χ0v) is 23.6. The molecule has 0 N–H and O–H groups in total. The molecular formula is C35H27N3O6. The number of para-hydroxylation sites is 1. The highest BCUT2D eigenvalue weighted by Gasteiger charge is 2.65. The molecule has 0 aliphatic carbocycles. The zero-order valence-electron chi connectivity index (χ0n) is 23.6. The van der Waals surface area contributed by atoms with Gasteiger partial charge in [-0.3, -0.25) is 19.7 Å². The average molecular weight is 586 g/mol. The van der Waals surface area contributed by atoms with Crippen LogP contribution in [0.25, 0.3) is 6.08 Å². The highest BCUT2D eigenvalue weighted by Crippen LogP contribution is 2.50. The van der Waals surface area contributed by atoms with Crippen LogP contribution in [0, 0.1) is 28.9 Å². The first-order valence-electron chi connectivity index (χ1n) is 14.3. The maximum absolute atomic E-state index is 14.4. The molecule has 4 aromatic rings. The largest absolute Gasteiger partial charge is 0.451 e. The molecule has 2 saturated heterocycles.